The molecule has 1 fully saturated rings. The van der Waals surface area contributed by atoms with E-state index < -0.39 is 0 Å². The third kappa shape index (κ3) is 1.17. The summed E-state index contributed by atoms with van der Waals surface area (Å²) in [5.74, 6) is 0.637. The summed E-state index contributed by atoms with van der Waals surface area (Å²) < 4.78 is 4.06. The first-order valence-electron chi connectivity index (χ1n) is 5.85. The Morgan fingerprint density at radius 1 is 1.31 bits per heavy atom. The minimum atomic E-state index is 0.514. The third-order valence-electron chi connectivity index (χ3n) is 3.55. The molecule has 0 spiro atoms. The topological polar surface area (TPSA) is 61.7 Å². The van der Waals surface area contributed by atoms with Gasteiger partial charge in [-0.25, -0.2) is 4.98 Å². The van der Waals surface area contributed by atoms with E-state index in [-0.39, 0.29) is 0 Å². The van der Waals surface area contributed by atoms with Crippen LogP contribution in [0.1, 0.15) is 37.4 Å². The van der Waals surface area contributed by atoms with E-state index in [4.69, 9.17) is 5.73 Å². The molecule has 1 aliphatic rings. The van der Waals surface area contributed by atoms with Crippen molar-refractivity contribution in [3.8, 4) is 0 Å². The summed E-state index contributed by atoms with van der Waals surface area (Å²) in [6, 6.07) is 0.514. The van der Waals surface area contributed by atoms with Gasteiger partial charge in [0.15, 0.2) is 5.65 Å². The SMILES string of the molecule is Cc1nn(C)c2c1nc(N)n2C1CCCC1. The van der Waals surface area contributed by atoms with Crippen molar-refractivity contribution >= 4 is 17.1 Å². The van der Waals surface area contributed by atoms with Crippen molar-refractivity contribution < 1.29 is 0 Å². The number of rotatable bonds is 1. The van der Waals surface area contributed by atoms with Gasteiger partial charge in [-0.2, -0.15) is 5.10 Å². The molecular formula is C11H17N5. The fourth-order valence-corrected chi connectivity index (χ4v) is 2.84. The molecule has 2 N–H and O–H groups in total. The van der Waals surface area contributed by atoms with Gasteiger partial charge in [-0.15, -0.1) is 0 Å². The Kier molecular flexibility index (Phi) is 1.96. The molecule has 1 aliphatic carbocycles. The maximum atomic E-state index is 6.03. The van der Waals surface area contributed by atoms with Crippen molar-refractivity contribution in [3.05, 3.63) is 5.69 Å². The predicted molar refractivity (Wildman–Crippen MR) is 63.2 cm³/mol. The van der Waals surface area contributed by atoms with Crippen LogP contribution in [-0.2, 0) is 7.05 Å². The molecular weight excluding hydrogens is 202 g/mol. The quantitative estimate of drug-likeness (QED) is 0.795. The van der Waals surface area contributed by atoms with E-state index >= 15 is 0 Å². The van der Waals surface area contributed by atoms with Gasteiger partial charge >= 0.3 is 0 Å². The highest BCUT2D eigenvalue weighted by Crippen LogP contribution is 2.34. The molecule has 2 aromatic heterocycles. The monoisotopic (exact) mass is 219 g/mol. The van der Waals surface area contributed by atoms with E-state index in [9.17, 15) is 0 Å². The first-order valence-corrected chi connectivity index (χ1v) is 5.85. The molecule has 0 amide bonds. The van der Waals surface area contributed by atoms with Crippen LogP contribution in [0.3, 0.4) is 0 Å². The number of nitrogen functional groups attached to an aromatic ring is 1. The van der Waals surface area contributed by atoms with Crippen LogP contribution in [0.5, 0.6) is 0 Å². The smallest absolute Gasteiger partial charge is 0.202 e. The number of aromatic nitrogens is 4. The lowest BCUT2D eigenvalue weighted by Crippen LogP contribution is -2.11. The molecule has 86 valence electrons. The summed E-state index contributed by atoms with van der Waals surface area (Å²) in [5.41, 5.74) is 9.01. The van der Waals surface area contributed by atoms with Crippen molar-refractivity contribution in [1.29, 1.82) is 0 Å². The van der Waals surface area contributed by atoms with Gasteiger partial charge in [-0.1, -0.05) is 12.8 Å². The maximum Gasteiger partial charge on any atom is 0.202 e. The van der Waals surface area contributed by atoms with Crippen LogP contribution in [0, 0.1) is 6.92 Å². The fraction of sp³-hybridized carbons (Fsp3) is 0.636. The van der Waals surface area contributed by atoms with Crippen LogP contribution in [0.2, 0.25) is 0 Å². The summed E-state index contributed by atoms with van der Waals surface area (Å²) in [4.78, 5) is 4.44. The number of hydrogen-bond acceptors (Lipinski definition) is 3. The normalized spacial score (nSPS) is 17.6. The molecule has 0 saturated heterocycles. The van der Waals surface area contributed by atoms with E-state index in [1.165, 1.54) is 25.7 Å². The van der Waals surface area contributed by atoms with Crippen molar-refractivity contribution in [3.63, 3.8) is 0 Å². The number of nitrogens with zero attached hydrogens (tertiary/aromatic N) is 4. The van der Waals surface area contributed by atoms with Gasteiger partial charge in [0.2, 0.25) is 5.95 Å². The number of aryl methyl sites for hydroxylation is 2. The van der Waals surface area contributed by atoms with Crippen molar-refractivity contribution in [2.45, 2.75) is 38.6 Å². The first kappa shape index (κ1) is 9.69. The minimum Gasteiger partial charge on any atom is -0.369 e. The van der Waals surface area contributed by atoms with Crippen LogP contribution < -0.4 is 5.73 Å². The van der Waals surface area contributed by atoms with Crippen LogP contribution in [0.25, 0.3) is 11.2 Å². The summed E-state index contributed by atoms with van der Waals surface area (Å²) in [7, 11) is 1.96. The minimum absolute atomic E-state index is 0.514. The van der Waals surface area contributed by atoms with Crippen LogP contribution in [-0.4, -0.2) is 19.3 Å². The molecule has 0 aliphatic heterocycles. The summed E-state index contributed by atoms with van der Waals surface area (Å²) in [5, 5.41) is 4.40. The van der Waals surface area contributed by atoms with E-state index in [2.05, 4.69) is 14.6 Å². The first-order chi connectivity index (χ1) is 7.68. The highest BCUT2D eigenvalue weighted by Gasteiger charge is 2.24. The van der Waals surface area contributed by atoms with Crippen LogP contribution >= 0.6 is 0 Å². The van der Waals surface area contributed by atoms with Crippen molar-refractivity contribution in [1.82, 2.24) is 19.3 Å². The number of nitrogens with two attached hydrogens (primary N) is 1. The Bertz CT molecular complexity index is 530. The Labute approximate surface area is 94.2 Å². The van der Waals surface area contributed by atoms with Crippen molar-refractivity contribution in [2.24, 2.45) is 7.05 Å². The number of imidazole rings is 1. The number of anilines is 1. The number of fused-ring (bicyclic) bond motifs is 1. The van der Waals surface area contributed by atoms with Gasteiger partial charge in [-0.3, -0.25) is 9.25 Å². The molecule has 1 saturated carbocycles. The molecule has 2 heterocycles. The molecule has 0 unspecified atom stereocenters. The lowest BCUT2D eigenvalue weighted by Gasteiger charge is -2.13. The molecule has 16 heavy (non-hydrogen) atoms. The molecule has 0 aromatic carbocycles. The second-order valence-corrected chi connectivity index (χ2v) is 4.66. The van der Waals surface area contributed by atoms with Crippen LogP contribution in [0.4, 0.5) is 5.95 Å². The molecule has 0 bridgehead atoms. The lowest BCUT2D eigenvalue weighted by molar-refractivity contribution is 0.527. The van der Waals surface area contributed by atoms with E-state index in [0.717, 1.165) is 16.9 Å². The molecule has 2 aromatic rings. The average molecular weight is 219 g/mol. The van der Waals surface area contributed by atoms with Gasteiger partial charge in [0.1, 0.15) is 5.52 Å². The Morgan fingerprint density at radius 2 is 2.00 bits per heavy atom. The van der Waals surface area contributed by atoms with E-state index in [1.54, 1.807) is 0 Å². The molecule has 3 rings (SSSR count). The molecule has 0 radical (unpaired) electrons. The highest BCUT2D eigenvalue weighted by atomic mass is 15.4. The Hall–Kier alpha value is -1.52. The van der Waals surface area contributed by atoms with Gasteiger partial charge in [-0.05, 0) is 19.8 Å². The summed E-state index contributed by atoms with van der Waals surface area (Å²) in [6.07, 6.45) is 5.00. The Morgan fingerprint density at radius 3 is 2.69 bits per heavy atom. The molecule has 0 atom stereocenters. The Balaban J connectivity index is 2.25. The fourth-order valence-electron chi connectivity index (χ4n) is 2.84. The van der Waals surface area contributed by atoms with Gasteiger partial charge in [0.25, 0.3) is 0 Å². The van der Waals surface area contributed by atoms with Crippen LogP contribution in [0.15, 0.2) is 0 Å². The van der Waals surface area contributed by atoms with Crippen molar-refractivity contribution in [2.75, 3.05) is 5.73 Å². The lowest BCUT2D eigenvalue weighted by atomic mass is 10.2. The second kappa shape index (κ2) is 3.23. The second-order valence-electron chi connectivity index (χ2n) is 4.66. The summed E-state index contributed by atoms with van der Waals surface area (Å²) >= 11 is 0. The van der Waals surface area contributed by atoms with Gasteiger partial charge in [0.05, 0.1) is 5.69 Å². The van der Waals surface area contributed by atoms with E-state index in [1.807, 2.05) is 18.7 Å². The standard InChI is InChI=1S/C11H17N5/c1-7-9-10(15(2)14-7)16(11(12)13-9)8-5-3-4-6-8/h8H,3-6H2,1-2H3,(H2,12,13). The van der Waals surface area contributed by atoms with Gasteiger partial charge < -0.3 is 5.73 Å². The largest absolute Gasteiger partial charge is 0.369 e. The zero-order valence-electron chi connectivity index (χ0n) is 9.77. The summed E-state index contributed by atoms with van der Waals surface area (Å²) in [6.45, 7) is 1.98. The highest BCUT2D eigenvalue weighted by molar-refractivity contribution is 5.77. The zero-order chi connectivity index (χ0) is 11.3. The van der Waals surface area contributed by atoms with E-state index in [0.29, 0.717) is 12.0 Å². The third-order valence-corrected chi connectivity index (χ3v) is 3.55. The predicted octanol–water partition coefficient (Wildman–Crippen LogP) is 1.78. The molecule has 5 heteroatoms. The van der Waals surface area contributed by atoms with Gasteiger partial charge in [0, 0.05) is 13.1 Å². The maximum absolute atomic E-state index is 6.03. The number of hydrogen-bond donors (Lipinski definition) is 1. The molecule has 5 nitrogen and oxygen atoms in total. The average Bonchev–Trinajstić information content (AvgIpc) is 2.87. The zero-order valence-corrected chi connectivity index (χ0v) is 9.77.